The lowest BCUT2D eigenvalue weighted by Gasteiger charge is -2.29. The Morgan fingerprint density at radius 2 is 1.65 bits per heavy atom. The smallest absolute Gasteiger partial charge is 0.329 e. The molecule has 0 bridgehead atoms. The molecular formula is C13H23N3O4. The van der Waals surface area contributed by atoms with Gasteiger partial charge in [0.15, 0.2) is 0 Å². The zero-order valence-electron chi connectivity index (χ0n) is 12.1. The molecule has 1 aliphatic carbocycles. The lowest BCUT2D eigenvalue weighted by atomic mass is 9.90. The fourth-order valence-corrected chi connectivity index (χ4v) is 2.30. The molecule has 20 heavy (non-hydrogen) atoms. The van der Waals surface area contributed by atoms with E-state index < -0.39 is 17.5 Å². The van der Waals surface area contributed by atoms with Gasteiger partial charge in [0.05, 0.1) is 6.54 Å². The van der Waals surface area contributed by atoms with E-state index in [1.807, 2.05) is 0 Å². The number of rotatable bonds is 4. The average molecular weight is 285 g/mol. The van der Waals surface area contributed by atoms with E-state index in [9.17, 15) is 19.5 Å². The van der Waals surface area contributed by atoms with Gasteiger partial charge in [0.2, 0.25) is 5.91 Å². The third-order valence-electron chi connectivity index (χ3n) is 3.62. The summed E-state index contributed by atoms with van der Waals surface area (Å²) in [6, 6.07) is -0.607. The van der Waals surface area contributed by atoms with E-state index in [-0.39, 0.29) is 12.5 Å². The molecule has 1 saturated carbocycles. The van der Waals surface area contributed by atoms with Crippen molar-refractivity contribution in [2.75, 3.05) is 20.6 Å². The second-order valence-corrected chi connectivity index (χ2v) is 5.40. The normalized spacial score (nSPS) is 17.7. The third-order valence-corrected chi connectivity index (χ3v) is 3.62. The van der Waals surface area contributed by atoms with Gasteiger partial charge in [-0.25, -0.2) is 9.59 Å². The van der Waals surface area contributed by atoms with Crippen LogP contribution in [0.1, 0.15) is 38.5 Å². The molecular weight excluding hydrogens is 262 g/mol. The van der Waals surface area contributed by atoms with Gasteiger partial charge in [0.1, 0.15) is 5.54 Å². The first-order valence-electron chi connectivity index (χ1n) is 6.87. The van der Waals surface area contributed by atoms with Crippen LogP contribution in [0.5, 0.6) is 0 Å². The van der Waals surface area contributed by atoms with Crippen molar-refractivity contribution < 1.29 is 19.5 Å². The summed E-state index contributed by atoms with van der Waals surface area (Å²) >= 11 is 0. The molecule has 0 atom stereocenters. The van der Waals surface area contributed by atoms with E-state index in [1.165, 1.54) is 4.90 Å². The highest BCUT2D eigenvalue weighted by atomic mass is 16.4. The van der Waals surface area contributed by atoms with Crippen molar-refractivity contribution in [2.24, 2.45) is 0 Å². The monoisotopic (exact) mass is 285 g/mol. The van der Waals surface area contributed by atoms with Gasteiger partial charge in [-0.2, -0.15) is 0 Å². The Labute approximate surface area is 118 Å². The van der Waals surface area contributed by atoms with Crippen molar-refractivity contribution in [1.29, 1.82) is 0 Å². The summed E-state index contributed by atoms with van der Waals surface area (Å²) in [5, 5.41) is 14.4. The van der Waals surface area contributed by atoms with Gasteiger partial charge in [0.25, 0.3) is 0 Å². The number of urea groups is 1. The molecule has 0 saturated heterocycles. The summed E-state index contributed by atoms with van der Waals surface area (Å²) in [6.45, 7) is -0.144. The minimum absolute atomic E-state index is 0.144. The summed E-state index contributed by atoms with van der Waals surface area (Å²) < 4.78 is 0. The van der Waals surface area contributed by atoms with Crippen LogP contribution in [0.3, 0.4) is 0 Å². The SMILES string of the molecule is CN(C)C(=O)CNC(=O)NC1(C(=O)O)CCCCCC1. The number of nitrogens with one attached hydrogen (secondary N) is 2. The molecule has 1 rings (SSSR count). The maximum atomic E-state index is 11.8. The molecule has 0 aromatic rings. The molecule has 1 fully saturated rings. The molecule has 0 aliphatic heterocycles. The first-order valence-corrected chi connectivity index (χ1v) is 6.87. The third kappa shape index (κ3) is 4.40. The summed E-state index contributed by atoms with van der Waals surface area (Å²) in [5.41, 5.74) is -1.21. The largest absolute Gasteiger partial charge is 0.480 e. The van der Waals surface area contributed by atoms with Gasteiger partial charge in [-0.05, 0) is 12.8 Å². The highest BCUT2D eigenvalue weighted by Gasteiger charge is 2.40. The standard InChI is InChI=1S/C13H23N3O4/c1-16(2)10(17)9-14-12(20)15-13(11(18)19)7-5-3-4-6-8-13/h3-9H2,1-2H3,(H,18,19)(H2,14,15,20). The summed E-state index contributed by atoms with van der Waals surface area (Å²) in [6.07, 6.45) is 4.38. The number of likely N-dealkylation sites (N-methyl/N-ethyl adjacent to an activating group) is 1. The Bertz CT molecular complexity index is 374. The van der Waals surface area contributed by atoms with Crippen LogP contribution in [-0.2, 0) is 9.59 Å². The van der Waals surface area contributed by atoms with Crippen LogP contribution in [0.2, 0.25) is 0 Å². The summed E-state index contributed by atoms with van der Waals surface area (Å²) in [5.74, 6) is -1.25. The Hall–Kier alpha value is -1.79. The number of carbonyl (C=O) groups excluding carboxylic acids is 2. The van der Waals surface area contributed by atoms with Gasteiger partial charge < -0.3 is 20.6 Å². The van der Waals surface area contributed by atoms with E-state index in [4.69, 9.17) is 0 Å². The number of hydrogen-bond acceptors (Lipinski definition) is 3. The number of nitrogens with zero attached hydrogens (tertiary/aromatic N) is 1. The van der Waals surface area contributed by atoms with E-state index in [0.29, 0.717) is 12.8 Å². The van der Waals surface area contributed by atoms with Crippen LogP contribution in [0.15, 0.2) is 0 Å². The van der Waals surface area contributed by atoms with Crippen molar-refractivity contribution in [2.45, 2.75) is 44.1 Å². The predicted octanol–water partition coefficient (Wildman–Crippen LogP) is 0.551. The molecule has 0 spiro atoms. The number of aliphatic carboxylic acids is 1. The molecule has 1 aliphatic rings. The van der Waals surface area contributed by atoms with Crippen molar-refractivity contribution in [1.82, 2.24) is 15.5 Å². The molecule has 7 heteroatoms. The van der Waals surface area contributed by atoms with E-state index in [0.717, 1.165) is 25.7 Å². The molecule has 114 valence electrons. The van der Waals surface area contributed by atoms with Gasteiger partial charge in [-0.15, -0.1) is 0 Å². The predicted molar refractivity (Wildman–Crippen MR) is 73.3 cm³/mol. The number of carbonyl (C=O) groups is 3. The van der Waals surface area contributed by atoms with Crippen LogP contribution in [0.25, 0.3) is 0 Å². The van der Waals surface area contributed by atoms with Crippen LogP contribution in [-0.4, -0.2) is 54.1 Å². The molecule has 0 radical (unpaired) electrons. The van der Waals surface area contributed by atoms with Crippen LogP contribution in [0, 0.1) is 0 Å². The number of amides is 3. The molecule has 0 aromatic carbocycles. The number of carboxylic acid groups (broad SMARTS) is 1. The van der Waals surface area contributed by atoms with E-state index >= 15 is 0 Å². The zero-order valence-corrected chi connectivity index (χ0v) is 12.1. The van der Waals surface area contributed by atoms with Gasteiger partial charge >= 0.3 is 12.0 Å². The summed E-state index contributed by atoms with van der Waals surface area (Å²) in [4.78, 5) is 36.0. The minimum Gasteiger partial charge on any atom is -0.480 e. The topological polar surface area (TPSA) is 98.7 Å². The second-order valence-electron chi connectivity index (χ2n) is 5.40. The quantitative estimate of drug-likeness (QED) is 0.657. The lowest BCUT2D eigenvalue weighted by Crippen LogP contribution is -2.57. The molecule has 0 heterocycles. The van der Waals surface area contributed by atoms with Crippen LogP contribution >= 0.6 is 0 Å². The first kappa shape index (κ1) is 16.3. The highest BCUT2D eigenvalue weighted by Crippen LogP contribution is 2.27. The number of carboxylic acids is 1. The van der Waals surface area contributed by atoms with Crippen LogP contribution in [0.4, 0.5) is 4.79 Å². The highest BCUT2D eigenvalue weighted by molar-refractivity contribution is 5.88. The van der Waals surface area contributed by atoms with Crippen molar-refractivity contribution >= 4 is 17.9 Å². The zero-order chi connectivity index (χ0) is 15.2. The van der Waals surface area contributed by atoms with Crippen LogP contribution < -0.4 is 10.6 Å². The van der Waals surface area contributed by atoms with Crippen molar-refractivity contribution in [3.8, 4) is 0 Å². The Morgan fingerprint density at radius 3 is 2.10 bits per heavy atom. The Balaban J connectivity index is 2.59. The minimum atomic E-state index is -1.21. The first-order chi connectivity index (χ1) is 9.37. The van der Waals surface area contributed by atoms with E-state index in [2.05, 4.69) is 10.6 Å². The molecule has 0 aromatic heterocycles. The van der Waals surface area contributed by atoms with E-state index in [1.54, 1.807) is 14.1 Å². The lowest BCUT2D eigenvalue weighted by molar-refractivity contribution is -0.145. The maximum Gasteiger partial charge on any atom is 0.329 e. The second kappa shape index (κ2) is 7.12. The number of hydrogen-bond donors (Lipinski definition) is 3. The summed E-state index contributed by atoms with van der Waals surface area (Å²) in [7, 11) is 3.18. The van der Waals surface area contributed by atoms with Gasteiger partial charge in [0, 0.05) is 14.1 Å². The molecule has 3 N–H and O–H groups in total. The fourth-order valence-electron chi connectivity index (χ4n) is 2.30. The average Bonchev–Trinajstić information content (AvgIpc) is 2.62. The molecule has 3 amide bonds. The Morgan fingerprint density at radius 1 is 1.10 bits per heavy atom. The van der Waals surface area contributed by atoms with Gasteiger partial charge in [-0.3, -0.25) is 4.79 Å². The molecule has 7 nitrogen and oxygen atoms in total. The van der Waals surface area contributed by atoms with Crippen molar-refractivity contribution in [3.63, 3.8) is 0 Å². The van der Waals surface area contributed by atoms with Crippen molar-refractivity contribution in [3.05, 3.63) is 0 Å². The maximum absolute atomic E-state index is 11.8. The van der Waals surface area contributed by atoms with Gasteiger partial charge in [-0.1, -0.05) is 25.7 Å². The fraction of sp³-hybridized carbons (Fsp3) is 0.769. The Kier molecular flexibility index (Phi) is 5.79. The molecule has 0 unspecified atom stereocenters.